The Bertz CT molecular complexity index is 273. The standard InChI is InChI=1S/C12H21NO3/c1-9-8-16-10(2)7-13(9)12(11(14)15)5-3-4-6-12/h9-10H,3-8H2,1-2H3,(H,14,15). The van der Waals surface area contributed by atoms with E-state index in [4.69, 9.17) is 4.74 Å². The summed E-state index contributed by atoms with van der Waals surface area (Å²) in [6.07, 6.45) is 3.79. The smallest absolute Gasteiger partial charge is 0.324 e. The van der Waals surface area contributed by atoms with Crippen LogP contribution in [0.3, 0.4) is 0 Å². The first-order valence-corrected chi connectivity index (χ1v) is 6.18. The Hall–Kier alpha value is -0.610. The van der Waals surface area contributed by atoms with Crippen molar-refractivity contribution in [2.75, 3.05) is 13.2 Å². The molecule has 0 bridgehead atoms. The molecule has 1 N–H and O–H groups in total. The number of aliphatic carboxylic acids is 1. The summed E-state index contributed by atoms with van der Waals surface area (Å²) in [6.45, 7) is 5.47. The lowest BCUT2D eigenvalue weighted by molar-refractivity contribution is -0.161. The molecular formula is C12H21NO3. The first kappa shape index (κ1) is 11.9. The summed E-state index contributed by atoms with van der Waals surface area (Å²) in [4.78, 5) is 13.8. The molecule has 4 nitrogen and oxygen atoms in total. The molecule has 4 heteroatoms. The fourth-order valence-corrected chi connectivity index (χ4v) is 3.08. The minimum absolute atomic E-state index is 0.146. The van der Waals surface area contributed by atoms with E-state index in [9.17, 15) is 9.90 Å². The lowest BCUT2D eigenvalue weighted by Gasteiger charge is -2.46. The van der Waals surface area contributed by atoms with Crippen molar-refractivity contribution in [3.05, 3.63) is 0 Å². The number of carbonyl (C=O) groups is 1. The average molecular weight is 227 g/mol. The topological polar surface area (TPSA) is 49.8 Å². The largest absolute Gasteiger partial charge is 0.480 e. The van der Waals surface area contributed by atoms with Gasteiger partial charge in [-0.15, -0.1) is 0 Å². The molecule has 1 saturated heterocycles. The molecule has 0 radical (unpaired) electrons. The van der Waals surface area contributed by atoms with Gasteiger partial charge in [0.1, 0.15) is 5.54 Å². The molecule has 0 spiro atoms. The Morgan fingerprint density at radius 1 is 1.38 bits per heavy atom. The van der Waals surface area contributed by atoms with Crippen molar-refractivity contribution >= 4 is 5.97 Å². The van der Waals surface area contributed by atoms with Crippen LogP contribution in [0.1, 0.15) is 39.5 Å². The zero-order chi connectivity index (χ0) is 11.8. The maximum atomic E-state index is 11.6. The Labute approximate surface area is 96.6 Å². The summed E-state index contributed by atoms with van der Waals surface area (Å²) < 4.78 is 5.57. The highest BCUT2D eigenvalue weighted by Gasteiger charge is 2.49. The molecule has 2 atom stereocenters. The monoisotopic (exact) mass is 227 g/mol. The normalized spacial score (nSPS) is 35.1. The van der Waals surface area contributed by atoms with E-state index in [1.807, 2.05) is 6.92 Å². The molecule has 92 valence electrons. The van der Waals surface area contributed by atoms with E-state index in [0.717, 1.165) is 32.2 Å². The van der Waals surface area contributed by atoms with Gasteiger partial charge >= 0.3 is 5.97 Å². The van der Waals surface area contributed by atoms with Crippen LogP contribution in [-0.4, -0.2) is 46.8 Å². The molecule has 0 aromatic carbocycles. The molecular weight excluding hydrogens is 206 g/mol. The Morgan fingerprint density at radius 2 is 2.00 bits per heavy atom. The molecule has 2 aliphatic rings. The molecule has 2 fully saturated rings. The second-order valence-electron chi connectivity index (χ2n) is 5.19. The van der Waals surface area contributed by atoms with Crippen LogP contribution in [0, 0.1) is 0 Å². The highest BCUT2D eigenvalue weighted by Crippen LogP contribution is 2.38. The van der Waals surface area contributed by atoms with Gasteiger partial charge in [0.2, 0.25) is 0 Å². The van der Waals surface area contributed by atoms with Crippen molar-refractivity contribution in [3.63, 3.8) is 0 Å². The Morgan fingerprint density at radius 3 is 2.56 bits per heavy atom. The number of nitrogens with zero attached hydrogens (tertiary/aromatic N) is 1. The van der Waals surface area contributed by atoms with Crippen LogP contribution in [-0.2, 0) is 9.53 Å². The third-order valence-electron chi connectivity index (χ3n) is 3.99. The minimum atomic E-state index is -0.647. The van der Waals surface area contributed by atoms with Gasteiger partial charge in [0, 0.05) is 12.6 Å². The van der Waals surface area contributed by atoms with Gasteiger partial charge in [-0.25, -0.2) is 0 Å². The van der Waals surface area contributed by atoms with Crippen molar-refractivity contribution in [2.24, 2.45) is 0 Å². The van der Waals surface area contributed by atoms with Gasteiger partial charge in [0.15, 0.2) is 0 Å². The summed E-state index contributed by atoms with van der Waals surface area (Å²) in [7, 11) is 0. The van der Waals surface area contributed by atoms with E-state index in [-0.39, 0.29) is 12.1 Å². The maximum absolute atomic E-state index is 11.6. The average Bonchev–Trinajstić information content (AvgIpc) is 2.71. The van der Waals surface area contributed by atoms with Gasteiger partial charge in [0.25, 0.3) is 0 Å². The lowest BCUT2D eigenvalue weighted by atomic mass is 9.92. The first-order chi connectivity index (χ1) is 7.56. The maximum Gasteiger partial charge on any atom is 0.324 e. The summed E-state index contributed by atoms with van der Waals surface area (Å²) in [5.41, 5.74) is -0.614. The van der Waals surface area contributed by atoms with Crippen LogP contribution >= 0.6 is 0 Å². The van der Waals surface area contributed by atoms with Crippen molar-refractivity contribution in [3.8, 4) is 0 Å². The fourth-order valence-electron chi connectivity index (χ4n) is 3.08. The van der Waals surface area contributed by atoms with Crippen molar-refractivity contribution in [1.82, 2.24) is 4.90 Å². The molecule has 0 aromatic heterocycles. The van der Waals surface area contributed by atoms with E-state index in [1.54, 1.807) is 0 Å². The Balaban J connectivity index is 2.21. The van der Waals surface area contributed by atoms with E-state index in [2.05, 4.69) is 11.8 Å². The van der Waals surface area contributed by atoms with Gasteiger partial charge in [-0.3, -0.25) is 9.69 Å². The number of rotatable bonds is 2. The molecule has 1 heterocycles. The zero-order valence-corrected chi connectivity index (χ0v) is 10.1. The molecule has 0 amide bonds. The SMILES string of the molecule is CC1CN(C2(C(=O)O)CCCC2)C(C)CO1. The number of carboxylic acids is 1. The zero-order valence-electron chi connectivity index (χ0n) is 10.1. The number of hydrogen-bond donors (Lipinski definition) is 1. The van der Waals surface area contributed by atoms with Gasteiger partial charge in [-0.1, -0.05) is 12.8 Å². The van der Waals surface area contributed by atoms with Gasteiger partial charge in [-0.2, -0.15) is 0 Å². The third-order valence-corrected chi connectivity index (χ3v) is 3.99. The van der Waals surface area contributed by atoms with Crippen LogP contribution in [0.2, 0.25) is 0 Å². The summed E-state index contributed by atoms with van der Waals surface area (Å²) in [5, 5.41) is 9.54. The molecule has 1 aliphatic carbocycles. The van der Waals surface area contributed by atoms with E-state index in [1.165, 1.54) is 0 Å². The number of carboxylic acid groups (broad SMARTS) is 1. The van der Waals surface area contributed by atoms with Gasteiger partial charge in [0.05, 0.1) is 12.7 Å². The quantitative estimate of drug-likeness (QED) is 0.776. The van der Waals surface area contributed by atoms with Gasteiger partial charge in [-0.05, 0) is 26.7 Å². The van der Waals surface area contributed by atoms with Crippen LogP contribution in [0.25, 0.3) is 0 Å². The predicted molar refractivity (Wildman–Crippen MR) is 60.4 cm³/mol. The first-order valence-electron chi connectivity index (χ1n) is 6.18. The van der Waals surface area contributed by atoms with Crippen LogP contribution in [0.5, 0.6) is 0 Å². The number of morpholine rings is 1. The molecule has 1 saturated carbocycles. The van der Waals surface area contributed by atoms with E-state index < -0.39 is 11.5 Å². The van der Waals surface area contributed by atoms with Crippen molar-refractivity contribution < 1.29 is 14.6 Å². The summed E-state index contributed by atoms with van der Waals surface area (Å²) >= 11 is 0. The molecule has 2 unspecified atom stereocenters. The van der Waals surface area contributed by atoms with Crippen LogP contribution < -0.4 is 0 Å². The lowest BCUT2D eigenvalue weighted by Crippen LogP contribution is -2.61. The highest BCUT2D eigenvalue weighted by molar-refractivity contribution is 5.79. The molecule has 0 aromatic rings. The number of ether oxygens (including phenoxy) is 1. The second kappa shape index (κ2) is 4.34. The van der Waals surface area contributed by atoms with Gasteiger partial charge < -0.3 is 9.84 Å². The summed E-state index contributed by atoms with van der Waals surface area (Å²) in [6, 6.07) is 0.213. The third kappa shape index (κ3) is 1.84. The molecule has 2 rings (SSSR count). The van der Waals surface area contributed by atoms with E-state index >= 15 is 0 Å². The van der Waals surface area contributed by atoms with E-state index in [0.29, 0.717) is 6.61 Å². The van der Waals surface area contributed by atoms with Crippen molar-refractivity contribution in [1.29, 1.82) is 0 Å². The van der Waals surface area contributed by atoms with Crippen LogP contribution in [0.15, 0.2) is 0 Å². The minimum Gasteiger partial charge on any atom is -0.480 e. The van der Waals surface area contributed by atoms with Crippen LogP contribution in [0.4, 0.5) is 0 Å². The van der Waals surface area contributed by atoms with Crippen molar-refractivity contribution in [2.45, 2.75) is 57.2 Å². The second-order valence-corrected chi connectivity index (χ2v) is 5.19. The fraction of sp³-hybridized carbons (Fsp3) is 0.917. The number of hydrogen-bond acceptors (Lipinski definition) is 3. The predicted octanol–water partition coefficient (Wildman–Crippen LogP) is 1.49. The molecule has 1 aliphatic heterocycles. The highest BCUT2D eigenvalue weighted by atomic mass is 16.5. The summed E-state index contributed by atoms with van der Waals surface area (Å²) in [5.74, 6) is -0.647. The Kier molecular flexibility index (Phi) is 3.22. The molecule has 16 heavy (non-hydrogen) atoms.